The number of aromatic nitrogens is 1. The maximum Gasteiger partial charge on any atom is 0.254 e. The van der Waals surface area contributed by atoms with Gasteiger partial charge in [0.1, 0.15) is 4.64 Å². The quantitative estimate of drug-likeness (QED) is 0.845. The summed E-state index contributed by atoms with van der Waals surface area (Å²) in [5.74, 6) is -0.131. The second-order valence-electron chi connectivity index (χ2n) is 5.49. The number of H-pyrrole nitrogens is 1. The topological polar surface area (TPSA) is 44.9 Å². The molecule has 2 aromatic rings. The summed E-state index contributed by atoms with van der Waals surface area (Å²) in [6.07, 6.45) is 2.52. The first-order chi connectivity index (χ1) is 9.95. The summed E-state index contributed by atoms with van der Waals surface area (Å²) in [6, 6.07) is 10.0. The molecule has 0 aliphatic rings. The number of hydrogen-bond donors (Lipinski definition) is 2. The average molecular weight is 300 g/mol. The Morgan fingerprint density at radius 3 is 2.57 bits per heavy atom. The Morgan fingerprint density at radius 1 is 1.29 bits per heavy atom. The highest BCUT2D eigenvalue weighted by Gasteiger charge is 2.12. The van der Waals surface area contributed by atoms with Crippen LogP contribution in [-0.4, -0.2) is 16.9 Å². The van der Waals surface area contributed by atoms with Crippen molar-refractivity contribution < 1.29 is 4.79 Å². The van der Waals surface area contributed by atoms with Crippen molar-refractivity contribution in [3.8, 4) is 0 Å². The Kier molecular flexibility index (Phi) is 4.91. The second-order valence-corrected chi connectivity index (χ2v) is 5.90. The number of pyridine rings is 1. The summed E-state index contributed by atoms with van der Waals surface area (Å²) >= 11 is 5.13. The highest BCUT2D eigenvalue weighted by molar-refractivity contribution is 7.71. The molecule has 0 saturated carbocycles. The van der Waals surface area contributed by atoms with Gasteiger partial charge in [-0.2, -0.15) is 0 Å². The first-order valence-corrected chi connectivity index (χ1v) is 7.42. The molecule has 0 aliphatic carbocycles. The maximum atomic E-state index is 12.2. The first-order valence-electron chi connectivity index (χ1n) is 7.01. The highest BCUT2D eigenvalue weighted by Crippen LogP contribution is 2.11. The van der Waals surface area contributed by atoms with Gasteiger partial charge in [0, 0.05) is 12.2 Å². The third-order valence-corrected chi connectivity index (χ3v) is 3.60. The molecule has 2 N–H and O–H groups in total. The summed E-state index contributed by atoms with van der Waals surface area (Å²) < 4.78 is 0.466. The Bertz CT molecular complexity index is 686. The van der Waals surface area contributed by atoms with Gasteiger partial charge in [0.05, 0.1) is 5.56 Å². The fourth-order valence-corrected chi connectivity index (χ4v) is 2.72. The molecule has 0 saturated heterocycles. The SMILES string of the molecule is Cc1cc(C)cc(CC(C)NC(=O)c2ccc[nH]c2=S)c1. The Labute approximate surface area is 130 Å². The van der Waals surface area contributed by atoms with Gasteiger partial charge in [-0.1, -0.05) is 41.5 Å². The van der Waals surface area contributed by atoms with Gasteiger partial charge in [-0.15, -0.1) is 0 Å². The second kappa shape index (κ2) is 6.68. The molecule has 2 rings (SSSR count). The molecule has 1 aromatic carbocycles. The number of aromatic amines is 1. The van der Waals surface area contributed by atoms with E-state index in [0.29, 0.717) is 10.2 Å². The zero-order valence-electron chi connectivity index (χ0n) is 12.6. The van der Waals surface area contributed by atoms with Gasteiger partial charge >= 0.3 is 0 Å². The van der Waals surface area contributed by atoms with Gasteiger partial charge in [0.2, 0.25) is 0 Å². The van der Waals surface area contributed by atoms with Crippen LogP contribution in [0.5, 0.6) is 0 Å². The smallest absolute Gasteiger partial charge is 0.254 e. The van der Waals surface area contributed by atoms with Gasteiger partial charge in [-0.25, -0.2) is 0 Å². The van der Waals surface area contributed by atoms with E-state index in [2.05, 4.69) is 42.3 Å². The number of carbonyl (C=O) groups is 1. The van der Waals surface area contributed by atoms with E-state index in [9.17, 15) is 4.79 Å². The van der Waals surface area contributed by atoms with E-state index in [4.69, 9.17) is 12.2 Å². The fraction of sp³-hybridized carbons (Fsp3) is 0.294. The molecule has 3 nitrogen and oxygen atoms in total. The molecule has 1 heterocycles. The molecule has 0 spiro atoms. The molecule has 1 aromatic heterocycles. The zero-order chi connectivity index (χ0) is 15.4. The fourth-order valence-electron chi connectivity index (χ4n) is 2.49. The van der Waals surface area contributed by atoms with Crippen molar-refractivity contribution in [1.82, 2.24) is 10.3 Å². The van der Waals surface area contributed by atoms with Gasteiger partial charge < -0.3 is 10.3 Å². The van der Waals surface area contributed by atoms with Gasteiger partial charge in [0.15, 0.2) is 0 Å². The van der Waals surface area contributed by atoms with Crippen LogP contribution in [0.2, 0.25) is 0 Å². The van der Waals surface area contributed by atoms with Crippen molar-refractivity contribution in [2.75, 3.05) is 0 Å². The van der Waals surface area contributed by atoms with Crippen LogP contribution in [0.25, 0.3) is 0 Å². The predicted octanol–water partition coefficient (Wildman–Crippen LogP) is 3.72. The lowest BCUT2D eigenvalue weighted by Crippen LogP contribution is -2.34. The average Bonchev–Trinajstić information content (AvgIpc) is 2.37. The van der Waals surface area contributed by atoms with Crippen LogP contribution in [0.1, 0.15) is 34.0 Å². The normalized spacial score (nSPS) is 12.0. The number of benzene rings is 1. The number of hydrogen-bond acceptors (Lipinski definition) is 2. The minimum absolute atomic E-state index is 0.0494. The lowest BCUT2D eigenvalue weighted by Gasteiger charge is -2.15. The monoisotopic (exact) mass is 300 g/mol. The van der Waals surface area contributed by atoms with Crippen LogP contribution in [-0.2, 0) is 6.42 Å². The van der Waals surface area contributed by atoms with Crippen LogP contribution in [0.4, 0.5) is 0 Å². The molecule has 1 atom stereocenters. The number of carbonyl (C=O) groups excluding carboxylic acids is 1. The summed E-state index contributed by atoms with van der Waals surface area (Å²) in [7, 11) is 0. The van der Waals surface area contributed by atoms with E-state index in [1.807, 2.05) is 6.92 Å². The zero-order valence-corrected chi connectivity index (χ0v) is 13.4. The third kappa shape index (κ3) is 4.26. The predicted molar refractivity (Wildman–Crippen MR) is 88.2 cm³/mol. The number of amides is 1. The third-order valence-electron chi connectivity index (χ3n) is 3.26. The van der Waals surface area contributed by atoms with Crippen LogP contribution in [0.15, 0.2) is 36.5 Å². The Balaban J connectivity index is 2.05. The van der Waals surface area contributed by atoms with E-state index >= 15 is 0 Å². The molecule has 110 valence electrons. The van der Waals surface area contributed by atoms with Crippen LogP contribution in [0.3, 0.4) is 0 Å². The summed E-state index contributed by atoms with van der Waals surface area (Å²) in [5.41, 5.74) is 4.24. The van der Waals surface area contributed by atoms with Crippen molar-refractivity contribution in [2.24, 2.45) is 0 Å². The molecule has 4 heteroatoms. The summed E-state index contributed by atoms with van der Waals surface area (Å²) in [4.78, 5) is 15.1. The molecule has 1 amide bonds. The minimum atomic E-state index is -0.131. The van der Waals surface area contributed by atoms with Crippen LogP contribution < -0.4 is 5.32 Å². The lowest BCUT2D eigenvalue weighted by molar-refractivity contribution is 0.0939. The van der Waals surface area contributed by atoms with Crippen LogP contribution in [0, 0.1) is 18.5 Å². The summed E-state index contributed by atoms with van der Waals surface area (Å²) in [5, 5.41) is 3.00. The van der Waals surface area contributed by atoms with Crippen molar-refractivity contribution in [1.29, 1.82) is 0 Å². The van der Waals surface area contributed by atoms with Crippen molar-refractivity contribution in [3.63, 3.8) is 0 Å². The molecule has 0 aliphatic heterocycles. The lowest BCUT2D eigenvalue weighted by atomic mass is 10.0. The molecule has 0 fully saturated rings. The van der Waals surface area contributed by atoms with Crippen molar-refractivity contribution >= 4 is 18.1 Å². The first kappa shape index (κ1) is 15.4. The number of aryl methyl sites for hydroxylation is 2. The van der Waals surface area contributed by atoms with E-state index in [-0.39, 0.29) is 11.9 Å². The van der Waals surface area contributed by atoms with Crippen LogP contribution >= 0.6 is 12.2 Å². The summed E-state index contributed by atoms with van der Waals surface area (Å²) in [6.45, 7) is 6.18. The molecule has 0 radical (unpaired) electrons. The van der Waals surface area contributed by atoms with Gasteiger partial charge in [-0.05, 0) is 44.9 Å². The molecule has 0 bridgehead atoms. The molecular weight excluding hydrogens is 280 g/mol. The minimum Gasteiger partial charge on any atom is -0.352 e. The Morgan fingerprint density at radius 2 is 1.95 bits per heavy atom. The van der Waals surface area contributed by atoms with Crippen molar-refractivity contribution in [2.45, 2.75) is 33.2 Å². The van der Waals surface area contributed by atoms with Gasteiger partial charge in [-0.3, -0.25) is 4.79 Å². The van der Waals surface area contributed by atoms with E-state index in [0.717, 1.165) is 6.42 Å². The van der Waals surface area contributed by atoms with Crippen molar-refractivity contribution in [3.05, 3.63) is 63.4 Å². The molecule has 21 heavy (non-hydrogen) atoms. The maximum absolute atomic E-state index is 12.2. The molecular formula is C17H20N2OS. The van der Waals surface area contributed by atoms with E-state index in [1.54, 1.807) is 18.3 Å². The number of rotatable bonds is 4. The number of nitrogens with one attached hydrogen (secondary N) is 2. The molecule has 1 unspecified atom stereocenters. The standard InChI is InChI=1S/C17H20N2OS/c1-11-7-12(2)9-14(8-11)10-13(3)19-16(20)15-5-4-6-18-17(15)21/h4-9,13H,10H2,1-3H3,(H,18,21)(H,19,20). The largest absolute Gasteiger partial charge is 0.352 e. The van der Waals surface area contributed by atoms with E-state index in [1.165, 1.54) is 16.7 Å². The Hall–Kier alpha value is -1.94. The highest BCUT2D eigenvalue weighted by atomic mass is 32.1. The van der Waals surface area contributed by atoms with Gasteiger partial charge in [0.25, 0.3) is 5.91 Å². The van der Waals surface area contributed by atoms with E-state index < -0.39 is 0 Å².